The fourth-order valence-electron chi connectivity index (χ4n) is 3.97. The van der Waals surface area contributed by atoms with Crippen molar-refractivity contribution in [2.24, 2.45) is 5.14 Å². The number of aliphatic hydroxyl groups excluding tert-OH is 1. The van der Waals surface area contributed by atoms with E-state index in [4.69, 9.17) is 10.5 Å². The molecule has 1 aromatic heterocycles. The van der Waals surface area contributed by atoms with E-state index in [2.05, 4.69) is 9.97 Å². The summed E-state index contributed by atoms with van der Waals surface area (Å²) >= 11 is 0. The number of amidine groups is 1. The Balaban J connectivity index is 1.70. The molecule has 1 aliphatic heterocycles. The van der Waals surface area contributed by atoms with Crippen LogP contribution in [0.5, 0.6) is 0 Å². The lowest BCUT2D eigenvalue weighted by Gasteiger charge is -2.27. The Morgan fingerprint density at radius 2 is 1.72 bits per heavy atom. The van der Waals surface area contributed by atoms with Gasteiger partial charge in [0.25, 0.3) is 0 Å². The third-order valence-corrected chi connectivity index (χ3v) is 6.33. The number of rotatable bonds is 4. The summed E-state index contributed by atoms with van der Waals surface area (Å²) in [7, 11) is -3.94. The van der Waals surface area contributed by atoms with Gasteiger partial charge >= 0.3 is 0 Å². The second-order valence-corrected chi connectivity index (χ2v) is 9.00. The largest absolute Gasteiger partial charge is 0.509 e. The molecule has 2 heterocycles. The minimum atomic E-state index is -3.94. The van der Waals surface area contributed by atoms with Gasteiger partial charge in [-0.05, 0) is 35.9 Å². The molecule has 0 aliphatic carbocycles. The lowest BCUT2D eigenvalue weighted by molar-refractivity contribution is 0.379. The summed E-state index contributed by atoms with van der Waals surface area (Å²) < 4.78 is 23.8. The quantitative estimate of drug-likeness (QED) is 0.380. The molecular formula is C23H19N5O3S. The van der Waals surface area contributed by atoms with E-state index in [1.165, 1.54) is 12.1 Å². The summed E-state index contributed by atoms with van der Waals surface area (Å²) in [4.78, 5) is 9.21. The van der Waals surface area contributed by atoms with Crippen LogP contribution in [-0.4, -0.2) is 29.3 Å². The number of para-hydroxylation sites is 2. The van der Waals surface area contributed by atoms with Gasteiger partial charge in [-0.1, -0.05) is 48.5 Å². The molecule has 4 aromatic rings. The van der Waals surface area contributed by atoms with Crippen molar-refractivity contribution in [1.29, 1.82) is 5.41 Å². The van der Waals surface area contributed by atoms with Crippen LogP contribution in [0.1, 0.15) is 17.4 Å². The third kappa shape index (κ3) is 3.24. The Kier molecular flexibility index (Phi) is 4.58. The zero-order valence-corrected chi connectivity index (χ0v) is 17.5. The fraction of sp³-hybridized carbons (Fsp3) is 0.0435. The molecule has 5 N–H and O–H groups in total. The number of primary sulfonamides is 1. The number of nitrogens with one attached hydrogen (secondary N) is 2. The highest BCUT2D eigenvalue weighted by Gasteiger charge is 2.41. The lowest BCUT2D eigenvalue weighted by atomic mass is 10.0. The van der Waals surface area contributed by atoms with Gasteiger partial charge in [0.2, 0.25) is 10.0 Å². The van der Waals surface area contributed by atoms with Crippen LogP contribution < -0.4 is 10.0 Å². The molecule has 1 atom stereocenters. The summed E-state index contributed by atoms with van der Waals surface area (Å²) in [6.45, 7) is 0. The maximum absolute atomic E-state index is 11.9. The first-order valence-corrected chi connectivity index (χ1v) is 11.3. The molecule has 0 fully saturated rings. The van der Waals surface area contributed by atoms with Crippen LogP contribution >= 0.6 is 0 Å². The number of H-pyrrole nitrogens is 1. The molecule has 32 heavy (non-hydrogen) atoms. The summed E-state index contributed by atoms with van der Waals surface area (Å²) in [5.74, 6) is 0.294. The highest BCUT2D eigenvalue weighted by atomic mass is 32.2. The van der Waals surface area contributed by atoms with Crippen molar-refractivity contribution in [3.8, 4) is 0 Å². The van der Waals surface area contributed by atoms with Crippen LogP contribution in [0.25, 0.3) is 16.6 Å². The average Bonchev–Trinajstić information content (AvgIpc) is 3.31. The van der Waals surface area contributed by atoms with Crippen molar-refractivity contribution >= 4 is 38.2 Å². The molecule has 8 nitrogen and oxygen atoms in total. The van der Waals surface area contributed by atoms with Gasteiger partial charge in [-0.15, -0.1) is 0 Å². The predicted octanol–water partition coefficient (Wildman–Crippen LogP) is 3.72. The summed E-state index contributed by atoms with van der Waals surface area (Å²) in [6.07, 6.45) is 0. The van der Waals surface area contributed by atoms with Crippen molar-refractivity contribution in [2.45, 2.75) is 10.9 Å². The Labute approximate surface area is 184 Å². The number of sulfonamides is 1. The molecule has 0 amide bonds. The first-order valence-electron chi connectivity index (χ1n) is 9.79. The number of anilines is 1. The zero-order chi connectivity index (χ0) is 22.5. The molecule has 0 saturated heterocycles. The van der Waals surface area contributed by atoms with Crippen LogP contribution in [0.15, 0.2) is 89.5 Å². The van der Waals surface area contributed by atoms with Crippen LogP contribution in [0.3, 0.4) is 0 Å². The minimum absolute atomic E-state index is 0.0121. The summed E-state index contributed by atoms with van der Waals surface area (Å²) in [6, 6.07) is 21.9. The SMILES string of the molecule is N=C1C(c2nc3ccccc3[nH]2)=C(O)[C@H](c2ccccc2)N1c1cccc(S(N)(=O)=O)c1. The molecule has 5 rings (SSSR count). The number of aliphatic hydroxyl groups is 1. The Morgan fingerprint density at radius 3 is 2.44 bits per heavy atom. The molecular weight excluding hydrogens is 426 g/mol. The van der Waals surface area contributed by atoms with Gasteiger partial charge in [0.1, 0.15) is 23.5 Å². The molecule has 0 bridgehead atoms. The first-order chi connectivity index (χ1) is 15.3. The van der Waals surface area contributed by atoms with Crippen molar-refractivity contribution in [3.05, 3.63) is 96.0 Å². The van der Waals surface area contributed by atoms with E-state index < -0.39 is 16.1 Å². The Bertz CT molecular complexity index is 1460. The number of aromatic nitrogens is 2. The normalized spacial score (nSPS) is 16.8. The van der Waals surface area contributed by atoms with E-state index in [0.29, 0.717) is 17.0 Å². The number of nitrogens with two attached hydrogens (primary N) is 1. The summed E-state index contributed by atoms with van der Waals surface area (Å²) in [5.41, 5.74) is 2.88. The van der Waals surface area contributed by atoms with Gasteiger partial charge in [0, 0.05) is 5.69 Å². The molecule has 0 radical (unpaired) electrons. The van der Waals surface area contributed by atoms with Gasteiger partial charge < -0.3 is 15.0 Å². The van der Waals surface area contributed by atoms with E-state index in [0.717, 1.165) is 11.1 Å². The van der Waals surface area contributed by atoms with Gasteiger partial charge in [0.15, 0.2) is 0 Å². The maximum atomic E-state index is 11.9. The topological polar surface area (TPSA) is 136 Å². The van der Waals surface area contributed by atoms with Crippen molar-refractivity contribution in [1.82, 2.24) is 9.97 Å². The second kappa shape index (κ2) is 7.33. The monoisotopic (exact) mass is 445 g/mol. The standard InChI is InChI=1S/C23H19N5O3S/c24-22-19(23-26-17-11-4-5-12-18(17)27-23)21(29)20(14-7-2-1-3-8-14)28(22)15-9-6-10-16(13-15)32(25,30)31/h1-13,20,24,29H,(H,26,27)(H2,25,30,31)/t20-/m0/s1. The van der Waals surface area contributed by atoms with Crippen LogP contribution in [0.4, 0.5) is 5.69 Å². The lowest BCUT2D eigenvalue weighted by Crippen LogP contribution is -2.30. The number of nitrogens with zero attached hydrogens (tertiary/aromatic N) is 2. The van der Waals surface area contributed by atoms with Gasteiger partial charge in [-0.25, -0.2) is 18.5 Å². The smallest absolute Gasteiger partial charge is 0.238 e. The number of benzene rings is 3. The number of imidazole rings is 1. The minimum Gasteiger partial charge on any atom is -0.509 e. The van der Waals surface area contributed by atoms with E-state index in [1.807, 2.05) is 54.6 Å². The molecule has 160 valence electrons. The van der Waals surface area contributed by atoms with Crippen molar-refractivity contribution < 1.29 is 13.5 Å². The third-order valence-electron chi connectivity index (χ3n) is 5.42. The predicted molar refractivity (Wildman–Crippen MR) is 123 cm³/mol. The molecule has 0 unspecified atom stereocenters. The average molecular weight is 446 g/mol. The fourth-order valence-corrected chi connectivity index (χ4v) is 4.52. The van der Waals surface area contributed by atoms with E-state index >= 15 is 0 Å². The number of hydrogen-bond acceptors (Lipinski definition) is 5. The Morgan fingerprint density at radius 1 is 1.00 bits per heavy atom. The number of aromatic amines is 1. The molecule has 0 saturated carbocycles. The van der Waals surface area contributed by atoms with Crippen molar-refractivity contribution in [2.75, 3.05) is 4.90 Å². The van der Waals surface area contributed by atoms with E-state index in [1.54, 1.807) is 17.0 Å². The van der Waals surface area contributed by atoms with Gasteiger partial charge in [0.05, 0.1) is 21.5 Å². The maximum Gasteiger partial charge on any atom is 0.238 e. The summed E-state index contributed by atoms with van der Waals surface area (Å²) in [5, 5.41) is 25.5. The molecule has 3 aromatic carbocycles. The number of fused-ring (bicyclic) bond motifs is 1. The highest BCUT2D eigenvalue weighted by Crippen LogP contribution is 2.43. The molecule has 9 heteroatoms. The van der Waals surface area contributed by atoms with Gasteiger partial charge in [-0.2, -0.15) is 0 Å². The van der Waals surface area contributed by atoms with Crippen LogP contribution in [-0.2, 0) is 10.0 Å². The molecule has 1 aliphatic rings. The Hall–Kier alpha value is -3.95. The highest BCUT2D eigenvalue weighted by molar-refractivity contribution is 7.89. The first kappa shape index (κ1) is 20.0. The van der Waals surface area contributed by atoms with Gasteiger partial charge in [-0.3, -0.25) is 5.41 Å². The van der Waals surface area contributed by atoms with E-state index in [-0.39, 0.29) is 22.1 Å². The van der Waals surface area contributed by atoms with E-state index in [9.17, 15) is 13.5 Å². The van der Waals surface area contributed by atoms with Crippen LogP contribution in [0.2, 0.25) is 0 Å². The second-order valence-electron chi connectivity index (χ2n) is 7.44. The van der Waals surface area contributed by atoms with Crippen LogP contribution in [0, 0.1) is 5.41 Å². The van der Waals surface area contributed by atoms with Crippen molar-refractivity contribution in [3.63, 3.8) is 0 Å². The zero-order valence-electron chi connectivity index (χ0n) is 16.7. The number of hydrogen-bond donors (Lipinski definition) is 4. The molecule has 0 spiro atoms.